The van der Waals surface area contributed by atoms with Crippen LogP contribution in [-0.2, 0) is 0 Å². The van der Waals surface area contributed by atoms with Crippen LogP contribution < -0.4 is 14.8 Å². The van der Waals surface area contributed by atoms with Gasteiger partial charge in [0.2, 0.25) is 0 Å². The molecule has 1 heterocycles. The molecule has 0 fully saturated rings. The molecule has 1 aliphatic rings. The van der Waals surface area contributed by atoms with Crippen molar-refractivity contribution in [3.8, 4) is 11.5 Å². The Balaban J connectivity index is 1.98. The van der Waals surface area contributed by atoms with Crippen molar-refractivity contribution in [3.05, 3.63) is 59.2 Å². The van der Waals surface area contributed by atoms with Crippen molar-refractivity contribution in [2.75, 3.05) is 26.6 Å². The van der Waals surface area contributed by atoms with Crippen molar-refractivity contribution >= 4 is 17.7 Å². The summed E-state index contributed by atoms with van der Waals surface area (Å²) < 4.78 is 10.7. The Morgan fingerprint density at radius 2 is 1.76 bits per heavy atom. The van der Waals surface area contributed by atoms with Crippen molar-refractivity contribution in [3.63, 3.8) is 0 Å². The van der Waals surface area contributed by atoms with Gasteiger partial charge in [-0.15, -0.1) is 0 Å². The highest BCUT2D eigenvalue weighted by molar-refractivity contribution is 6.02. The van der Waals surface area contributed by atoms with Crippen molar-refractivity contribution in [2.45, 2.75) is 13.1 Å². The standard InChI is InChI=1S/C20H22N2O3/c1-13(10-14-8-6-5-7-9-14)19-21-16-12-18(25-4)17(24-3)11-15(16)20(23)22(19)2/h5-12,19,21H,1-4H3/b13-10-. The van der Waals surface area contributed by atoms with Crippen LogP contribution in [0.15, 0.2) is 48.0 Å². The normalized spacial score (nSPS) is 17.0. The van der Waals surface area contributed by atoms with E-state index >= 15 is 0 Å². The lowest BCUT2D eigenvalue weighted by molar-refractivity contribution is 0.0757. The Hall–Kier alpha value is -2.95. The van der Waals surface area contributed by atoms with Gasteiger partial charge >= 0.3 is 0 Å². The van der Waals surface area contributed by atoms with Crippen molar-refractivity contribution in [1.82, 2.24) is 4.90 Å². The molecular weight excluding hydrogens is 316 g/mol. The predicted molar refractivity (Wildman–Crippen MR) is 99.1 cm³/mol. The Morgan fingerprint density at radius 1 is 1.12 bits per heavy atom. The van der Waals surface area contributed by atoms with Crippen LogP contribution in [0.4, 0.5) is 5.69 Å². The third-order valence-corrected chi connectivity index (χ3v) is 4.38. The van der Waals surface area contributed by atoms with E-state index in [9.17, 15) is 4.79 Å². The van der Waals surface area contributed by atoms with Crippen LogP contribution in [0, 0.1) is 0 Å². The summed E-state index contributed by atoms with van der Waals surface area (Å²) in [7, 11) is 4.94. The zero-order chi connectivity index (χ0) is 18.0. The van der Waals surface area contributed by atoms with Crippen LogP contribution in [0.1, 0.15) is 22.8 Å². The molecular formula is C20H22N2O3. The van der Waals surface area contributed by atoms with Gasteiger partial charge in [-0.25, -0.2) is 0 Å². The smallest absolute Gasteiger partial charge is 0.257 e. The van der Waals surface area contributed by atoms with E-state index in [1.165, 1.54) is 0 Å². The Kier molecular flexibility index (Phi) is 4.65. The quantitative estimate of drug-likeness (QED) is 0.925. The number of benzene rings is 2. The second kappa shape index (κ2) is 6.89. The fourth-order valence-corrected chi connectivity index (χ4v) is 3.04. The molecule has 2 aromatic rings. The van der Waals surface area contributed by atoms with Crippen molar-refractivity contribution < 1.29 is 14.3 Å². The van der Waals surface area contributed by atoms with E-state index in [4.69, 9.17) is 9.47 Å². The summed E-state index contributed by atoms with van der Waals surface area (Å²) in [5, 5.41) is 3.42. The second-order valence-electron chi connectivity index (χ2n) is 6.01. The molecule has 2 aromatic carbocycles. The van der Waals surface area contributed by atoms with E-state index in [1.807, 2.05) is 43.3 Å². The molecule has 1 atom stereocenters. The maximum atomic E-state index is 12.8. The molecule has 0 saturated heterocycles. The summed E-state index contributed by atoms with van der Waals surface area (Å²) in [6, 6.07) is 13.6. The van der Waals surface area contributed by atoms with Crippen molar-refractivity contribution in [2.24, 2.45) is 0 Å². The van der Waals surface area contributed by atoms with Gasteiger partial charge in [-0.2, -0.15) is 0 Å². The van der Waals surface area contributed by atoms with Crippen LogP contribution in [0.2, 0.25) is 0 Å². The largest absolute Gasteiger partial charge is 0.493 e. The summed E-state index contributed by atoms with van der Waals surface area (Å²) >= 11 is 0. The lowest BCUT2D eigenvalue weighted by Gasteiger charge is -2.36. The number of fused-ring (bicyclic) bond motifs is 1. The van der Waals surface area contributed by atoms with Gasteiger partial charge in [0.25, 0.3) is 5.91 Å². The first-order valence-electron chi connectivity index (χ1n) is 8.08. The zero-order valence-electron chi connectivity index (χ0n) is 14.9. The van der Waals surface area contributed by atoms with Crippen LogP contribution in [0.5, 0.6) is 11.5 Å². The van der Waals surface area contributed by atoms with Gasteiger partial charge in [0.1, 0.15) is 6.17 Å². The van der Waals surface area contributed by atoms with Gasteiger partial charge in [0.15, 0.2) is 11.5 Å². The first kappa shape index (κ1) is 16.9. The average molecular weight is 338 g/mol. The third-order valence-electron chi connectivity index (χ3n) is 4.38. The average Bonchev–Trinajstić information content (AvgIpc) is 2.64. The van der Waals surface area contributed by atoms with E-state index in [0.29, 0.717) is 17.1 Å². The Labute approximate surface area is 147 Å². The molecule has 1 unspecified atom stereocenters. The molecule has 1 aliphatic heterocycles. The zero-order valence-corrected chi connectivity index (χ0v) is 14.9. The highest BCUT2D eigenvalue weighted by Gasteiger charge is 2.31. The van der Waals surface area contributed by atoms with Crippen LogP contribution in [0.3, 0.4) is 0 Å². The van der Waals surface area contributed by atoms with E-state index in [0.717, 1.165) is 16.8 Å². The number of rotatable bonds is 4. The molecule has 3 rings (SSSR count). The molecule has 0 aliphatic carbocycles. The maximum Gasteiger partial charge on any atom is 0.257 e. The number of carbonyl (C=O) groups excluding carboxylic acids is 1. The molecule has 0 radical (unpaired) electrons. The minimum atomic E-state index is -0.224. The van der Waals surface area contributed by atoms with Crippen LogP contribution in [0.25, 0.3) is 6.08 Å². The highest BCUT2D eigenvalue weighted by atomic mass is 16.5. The minimum Gasteiger partial charge on any atom is -0.493 e. The first-order chi connectivity index (χ1) is 12.0. The molecule has 5 heteroatoms. The van der Waals surface area contributed by atoms with E-state index in [-0.39, 0.29) is 12.1 Å². The van der Waals surface area contributed by atoms with Crippen LogP contribution in [-0.4, -0.2) is 38.2 Å². The van der Waals surface area contributed by atoms with E-state index < -0.39 is 0 Å². The molecule has 5 nitrogen and oxygen atoms in total. The summed E-state index contributed by atoms with van der Waals surface area (Å²) in [5.41, 5.74) is 3.46. The van der Waals surface area contributed by atoms with Crippen molar-refractivity contribution in [1.29, 1.82) is 0 Å². The van der Waals surface area contributed by atoms with Gasteiger partial charge in [-0.05, 0) is 24.1 Å². The predicted octanol–water partition coefficient (Wildman–Crippen LogP) is 3.63. The molecule has 1 amide bonds. The number of hydrogen-bond donors (Lipinski definition) is 1. The van der Waals surface area contributed by atoms with E-state index in [1.54, 1.807) is 32.2 Å². The number of likely N-dealkylation sites (N-methyl/N-ethyl adjacent to an activating group) is 1. The number of amides is 1. The number of ether oxygens (including phenoxy) is 2. The molecule has 0 bridgehead atoms. The van der Waals surface area contributed by atoms with Gasteiger partial charge in [0, 0.05) is 13.1 Å². The Bertz CT molecular complexity index is 815. The topological polar surface area (TPSA) is 50.8 Å². The summed E-state index contributed by atoms with van der Waals surface area (Å²) in [4.78, 5) is 14.5. The van der Waals surface area contributed by atoms with Gasteiger partial charge in [-0.3, -0.25) is 4.79 Å². The van der Waals surface area contributed by atoms with Crippen LogP contribution >= 0.6 is 0 Å². The number of methoxy groups -OCH3 is 2. The summed E-state index contributed by atoms with van der Waals surface area (Å²) in [5.74, 6) is 1.08. The fourth-order valence-electron chi connectivity index (χ4n) is 3.04. The molecule has 0 spiro atoms. The third kappa shape index (κ3) is 3.18. The number of carbonyl (C=O) groups is 1. The summed E-state index contributed by atoms with van der Waals surface area (Å²) in [6.07, 6.45) is 1.85. The van der Waals surface area contributed by atoms with Gasteiger partial charge < -0.3 is 19.7 Å². The number of nitrogens with one attached hydrogen (secondary N) is 1. The first-order valence-corrected chi connectivity index (χ1v) is 8.08. The molecule has 0 saturated carbocycles. The summed E-state index contributed by atoms with van der Waals surface area (Å²) in [6.45, 7) is 2.01. The number of hydrogen-bond acceptors (Lipinski definition) is 4. The van der Waals surface area contributed by atoms with Gasteiger partial charge in [0.05, 0.1) is 25.5 Å². The lowest BCUT2D eigenvalue weighted by atomic mass is 10.0. The molecule has 1 N–H and O–H groups in total. The maximum absolute atomic E-state index is 12.8. The minimum absolute atomic E-state index is 0.0551. The SMILES string of the molecule is COc1cc2c(cc1OC)C(=O)N(C)C(/C(C)=C\c1ccccc1)N2. The lowest BCUT2D eigenvalue weighted by Crippen LogP contribution is -2.47. The monoisotopic (exact) mass is 338 g/mol. The second-order valence-corrected chi connectivity index (χ2v) is 6.01. The van der Waals surface area contributed by atoms with Gasteiger partial charge in [-0.1, -0.05) is 36.4 Å². The fraction of sp³-hybridized carbons (Fsp3) is 0.250. The number of nitrogens with zero attached hydrogens (tertiary/aromatic N) is 1. The molecule has 25 heavy (non-hydrogen) atoms. The highest BCUT2D eigenvalue weighted by Crippen LogP contribution is 2.37. The Morgan fingerprint density at radius 3 is 2.40 bits per heavy atom. The van der Waals surface area contributed by atoms with E-state index in [2.05, 4.69) is 11.4 Å². The number of anilines is 1. The molecule has 0 aromatic heterocycles. The molecule has 130 valence electrons.